The van der Waals surface area contributed by atoms with Crippen LogP contribution in [0.4, 0.5) is 0 Å². The number of carbonyl (C=O) groups is 2. The van der Waals surface area contributed by atoms with Gasteiger partial charge in [-0.2, -0.15) is 0 Å². The Morgan fingerprint density at radius 2 is 1.94 bits per heavy atom. The van der Waals surface area contributed by atoms with Crippen molar-refractivity contribution in [2.45, 2.75) is 12.2 Å². The first kappa shape index (κ1) is 14.4. The molecule has 0 aliphatic rings. The van der Waals surface area contributed by atoms with E-state index in [0.717, 1.165) is 13.2 Å². The molecule has 1 aromatic carbocycles. The molecule has 1 rings (SSSR count). The van der Waals surface area contributed by atoms with Crippen LogP contribution in [0.3, 0.4) is 0 Å². The van der Waals surface area contributed by atoms with Gasteiger partial charge in [-0.25, -0.2) is 9.59 Å². The lowest BCUT2D eigenvalue weighted by molar-refractivity contribution is -0.156. The molecular weight excluding hydrogens is 264 g/mol. The van der Waals surface area contributed by atoms with Crippen LogP contribution in [0.2, 0.25) is 5.02 Å². The number of carboxylic acids is 1. The fourth-order valence-corrected chi connectivity index (χ4v) is 1.55. The van der Waals surface area contributed by atoms with Crippen LogP contribution in [0.25, 0.3) is 0 Å². The van der Waals surface area contributed by atoms with Crippen LogP contribution in [0, 0.1) is 0 Å². The molecule has 2 atom stereocenters. The second-order valence-corrected chi connectivity index (χ2v) is 3.86. The van der Waals surface area contributed by atoms with E-state index in [2.05, 4.69) is 4.74 Å². The molecule has 7 heteroatoms. The van der Waals surface area contributed by atoms with Crippen LogP contribution in [-0.2, 0) is 9.53 Å². The van der Waals surface area contributed by atoms with E-state index in [0.29, 0.717) is 0 Å². The molecule has 0 bridgehead atoms. The Balaban J connectivity index is 3.11. The average molecular weight is 275 g/mol. The summed E-state index contributed by atoms with van der Waals surface area (Å²) >= 11 is 5.77. The van der Waals surface area contributed by atoms with Crippen molar-refractivity contribution < 1.29 is 29.6 Å². The molecule has 18 heavy (non-hydrogen) atoms. The molecule has 6 nitrogen and oxygen atoms in total. The van der Waals surface area contributed by atoms with Crippen molar-refractivity contribution in [3.8, 4) is 0 Å². The molecule has 98 valence electrons. The average Bonchev–Trinajstić information content (AvgIpc) is 2.36. The number of ether oxygens (including phenoxy) is 1. The van der Waals surface area contributed by atoms with Gasteiger partial charge in [0.1, 0.15) is 6.10 Å². The van der Waals surface area contributed by atoms with Crippen molar-refractivity contribution in [3.05, 3.63) is 34.3 Å². The molecule has 0 saturated heterocycles. The maximum atomic E-state index is 11.1. The van der Waals surface area contributed by atoms with Crippen LogP contribution >= 0.6 is 11.6 Å². The van der Waals surface area contributed by atoms with Crippen LogP contribution in [0.5, 0.6) is 0 Å². The van der Waals surface area contributed by atoms with Crippen molar-refractivity contribution in [1.82, 2.24) is 0 Å². The summed E-state index contributed by atoms with van der Waals surface area (Å²) in [5.41, 5.74) is -0.181. The van der Waals surface area contributed by atoms with E-state index in [1.807, 2.05) is 0 Å². The number of benzene rings is 1. The summed E-state index contributed by atoms with van der Waals surface area (Å²) in [6.07, 6.45) is -3.50. The molecule has 0 spiro atoms. The minimum Gasteiger partial charge on any atom is -0.478 e. The minimum atomic E-state index is -1.84. The van der Waals surface area contributed by atoms with Crippen LogP contribution in [0.15, 0.2) is 18.2 Å². The second kappa shape index (κ2) is 5.81. The first-order valence-corrected chi connectivity index (χ1v) is 5.23. The highest BCUT2D eigenvalue weighted by molar-refractivity contribution is 6.31. The number of aliphatic hydroxyl groups excluding tert-OH is 2. The molecule has 0 amide bonds. The zero-order valence-corrected chi connectivity index (χ0v) is 10.1. The van der Waals surface area contributed by atoms with E-state index < -0.39 is 24.1 Å². The van der Waals surface area contributed by atoms with Gasteiger partial charge in [0, 0.05) is 10.6 Å². The van der Waals surface area contributed by atoms with Crippen LogP contribution in [0.1, 0.15) is 22.0 Å². The first-order valence-electron chi connectivity index (χ1n) is 4.85. The van der Waals surface area contributed by atoms with Gasteiger partial charge in [-0.05, 0) is 18.2 Å². The molecule has 0 fully saturated rings. The van der Waals surface area contributed by atoms with Crippen molar-refractivity contribution in [1.29, 1.82) is 0 Å². The zero-order chi connectivity index (χ0) is 13.9. The Hall–Kier alpha value is -1.63. The highest BCUT2D eigenvalue weighted by Crippen LogP contribution is 2.27. The summed E-state index contributed by atoms with van der Waals surface area (Å²) in [6, 6.07) is 3.58. The van der Waals surface area contributed by atoms with E-state index in [4.69, 9.17) is 16.7 Å². The van der Waals surface area contributed by atoms with Crippen molar-refractivity contribution in [2.75, 3.05) is 7.11 Å². The van der Waals surface area contributed by atoms with E-state index in [1.165, 1.54) is 12.1 Å². The van der Waals surface area contributed by atoms with Gasteiger partial charge in [-0.15, -0.1) is 0 Å². The molecular formula is C11H11ClO6. The predicted molar refractivity (Wildman–Crippen MR) is 61.4 cm³/mol. The SMILES string of the molecule is COC(=O)C(O)C(O)c1cc(C(=O)O)ccc1Cl. The fraction of sp³-hybridized carbons (Fsp3) is 0.273. The lowest BCUT2D eigenvalue weighted by Crippen LogP contribution is -2.29. The quantitative estimate of drug-likeness (QED) is 0.695. The summed E-state index contributed by atoms with van der Waals surface area (Å²) in [6.45, 7) is 0. The molecule has 2 unspecified atom stereocenters. The lowest BCUT2D eigenvalue weighted by atomic mass is 10.0. The topological polar surface area (TPSA) is 104 Å². The number of carboxylic acid groups (broad SMARTS) is 1. The van der Waals surface area contributed by atoms with Gasteiger partial charge in [0.25, 0.3) is 0 Å². The number of carbonyl (C=O) groups excluding carboxylic acids is 1. The Morgan fingerprint density at radius 3 is 2.44 bits per heavy atom. The van der Waals surface area contributed by atoms with Crippen molar-refractivity contribution in [2.24, 2.45) is 0 Å². The summed E-state index contributed by atoms with van der Waals surface area (Å²) in [4.78, 5) is 21.8. The third-order valence-electron chi connectivity index (χ3n) is 2.30. The number of hydrogen-bond acceptors (Lipinski definition) is 5. The van der Waals surface area contributed by atoms with Crippen LogP contribution < -0.4 is 0 Å². The number of aliphatic hydroxyl groups is 2. The molecule has 1 aromatic rings. The number of methoxy groups -OCH3 is 1. The van der Waals surface area contributed by atoms with Gasteiger partial charge in [0.15, 0.2) is 6.10 Å². The maximum absolute atomic E-state index is 11.1. The second-order valence-electron chi connectivity index (χ2n) is 3.45. The standard InChI is InChI=1S/C11H11ClO6/c1-18-11(17)9(14)8(13)6-4-5(10(15)16)2-3-7(6)12/h2-4,8-9,13-14H,1H3,(H,15,16). The van der Waals surface area contributed by atoms with Crippen LogP contribution in [-0.4, -0.2) is 40.5 Å². The minimum absolute atomic E-state index is 0.0375. The fourth-order valence-electron chi connectivity index (χ4n) is 1.32. The molecule has 3 N–H and O–H groups in total. The number of hydrogen-bond donors (Lipinski definition) is 3. The zero-order valence-electron chi connectivity index (χ0n) is 9.33. The largest absolute Gasteiger partial charge is 0.478 e. The number of esters is 1. The van der Waals surface area contributed by atoms with Crippen molar-refractivity contribution in [3.63, 3.8) is 0 Å². The summed E-state index contributed by atoms with van der Waals surface area (Å²) < 4.78 is 4.26. The molecule has 0 radical (unpaired) electrons. The van der Waals surface area contributed by atoms with E-state index in [1.54, 1.807) is 0 Å². The summed E-state index contributed by atoms with van der Waals surface area (Å²) in [5, 5.41) is 28.0. The smallest absolute Gasteiger partial charge is 0.337 e. The normalized spacial score (nSPS) is 13.8. The van der Waals surface area contributed by atoms with Crippen molar-refractivity contribution >= 4 is 23.5 Å². The summed E-state index contributed by atoms with van der Waals surface area (Å²) in [7, 11) is 1.05. The molecule has 0 heterocycles. The molecule has 0 saturated carbocycles. The van der Waals surface area contributed by atoms with Gasteiger partial charge in [0.2, 0.25) is 0 Å². The first-order chi connectivity index (χ1) is 8.38. The van der Waals surface area contributed by atoms with E-state index >= 15 is 0 Å². The van der Waals surface area contributed by atoms with Gasteiger partial charge < -0.3 is 20.1 Å². The monoisotopic (exact) mass is 274 g/mol. The summed E-state index contributed by atoms with van der Waals surface area (Å²) in [5.74, 6) is -2.26. The molecule has 0 aliphatic heterocycles. The highest BCUT2D eigenvalue weighted by atomic mass is 35.5. The molecule has 0 aromatic heterocycles. The number of halogens is 1. The van der Waals surface area contributed by atoms with Gasteiger partial charge >= 0.3 is 11.9 Å². The number of aromatic carboxylic acids is 1. The van der Waals surface area contributed by atoms with Gasteiger partial charge in [-0.3, -0.25) is 0 Å². The van der Waals surface area contributed by atoms with Gasteiger partial charge in [-0.1, -0.05) is 11.6 Å². The lowest BCUT2D eigenvalue weighted by Gasteiger charge is -2.17. The Bertz CT molecular complexity index is 473. The highest BCUT2D eigenvalue weighted by Gasteiger charge is 2.28. The molecule has 0 aliphatic carbocycles. The van der Waals surface area contributed by atoms with Gasteiger partial charge in [0.05, 0.1) is 12.7 Å². The third kappa shape index (κ3) is 2.98. The predicted octanol–water partition coefficient (Wildman–Crippen LogP) is 0.605. The Kier molecular flexibility index (Phi) is 4.66. The Labute approximate surface area is 107 Å². The maximum Gasteiger partial charge on any atom is 0.337 e. The third-order valence-corrected chi connectivity index (χ3v) is 2.65. The van der Waals surface area contributed by atoms with E-state index in [-0.39, 0.29) is 16.1 Å². The Morgan fingerprint density at radius 1 is 1.33 bits per heavy atom. The number of rotatable bonds is 4. The van der Waals surface area contributed by atoms with E-state index in [9.17, 15) is 19.8 Å².